The van der Waals surface area contributed by atoms with Crippen LogP contribution in [0.25, 0.3) is 0 Å². The number of amides is 2. The number of benzene rings is 2. The molecule has 0 spiro atoms. The van der Waals surface area contributed by atoms with Gasteiger partial charge < -0.3 is 14.5 Å². The summed E-state index contributed by atoms with van der Waals surface area (Å²) in [6.45, 7) is 3.41. The van der Waals surface area contributed by atoms with Crippen molar-refractivity contribution in [2.24, 2.45) is 5.92 Å². The molecule has 3 rings (SSSR count). The van der Waals surface area contributed by atoms with Crippen LogP contribution in [0.2, 0.25) is 0 Å². The van der Waals surface area contributed by atoms with Crippen molar-refractivity contribution in [3.8, 4) is 5.75 Å². The Morgan fingerprint density at radius 1 is 1.07 bits per heavy atom. The van der Waals surface area contributed by atoms with E-state index in [9.17, 15) is 9.59 Å². The second kappa shape index (κ2) is 8.91. The summed E-state index contributed by atoms with van der Waals surface area (Å²) in [5.41, 5.74) is 2.08. The summed E-state index contributed by atoms with van der Waals surface area (Å²) in [5, 5.41) is 0. The number of para-hydroxylation sites is 1. The Morgan fingerprint density at radius 2 is 1.75 bits per heavy atom. The number of methoxy groups -OCH3 is 1. The first-order chi connectivity index (χ1) is 13.5. The van der Waals surface area contributed by atoms with Crippen molar-refractivity contribution < 1.29 is 14.3 Å². The zero-order valence-electron chi connectivity index (χ0n) is 16.8. The molecule has 0 aliphatic carbocycles. The fraction of sp³-hybridized carbons (Fsp3) is 0.391. The van der Waals surface area contributed by atoms with Gasteiger partial charge in [0, 0.05) is 39.0 Å². The molecular formula is C23H28N2O3. The highest BCUT2D eigenvalue weighted by atomic mass is 16.5. The van der Waals surface area contributed by atoms with Gasteiger partial charge in [-0.1, -0.05) is 55.5 Å². The first-order valence-corrected chi connectivity index (χ1v) is 9.74. The average molecular weight is 380 g/mol. The predicted molar refractivity (Wildman–Crippen MR) is 109 cm³/mol. The minimum atomic E-state index is -0.277. The zero-order chi connectivity index (χ0) is 20.1. The van der Waals surface area contributed by atoms with Crippen LogP contribution < -0.4 is 4.74 Å². The molecule has 1 saturated heterocycles. The van der Waals surface area contributed by atoms with Gasteiger partial charge in [-0.25, -0.2) is 0 Å². The van der Waals surface area contributed by atoms with Crippen molar-refractivity contribution in [3.63, 3.8) is 0 Å². The summed E-state index contributed by atoms with van der Waals surface area (Å²) in [6.07, 6.45) is 0.444. The largest absolute Gasteiger partial charge is 0.496 e. The highest BCUT2D eigenvalue weighted by Crippen LogP contribution is 2.38. The molecule has 0 radical (unpaired) electrons. The Kier molecular flexibility index (Phi) is 6.34. The SMILES string of the molecule is CCC(=O)N1C[C@@H](C(=O)N(C)Cc2ccccc2)[C@H](c2ccccc2OC)C1. The highest BCUT2D eigenvalue weighted by molar-refractivity contribution is 5.83. The van der Waals surface area contributed by atoms with Crippen molar-refractivity contribution in [1.82, 2.24) is 9.80 Å². The van der Waals surface area contributed by atoms with E-state index in [1.807, 2.05) is 73.5 Å². The monoisotopic (exact) mass is 380 g/mol. The van der Waals surface area contributed by atoms with Crippen molar-refractivity contribution in [1.29, 1.82) is 0 Å². The van der Waals surface area contributed by atoms with Crippen LogP contribution >= 0.6 is 0 Å². The van der Waals surface area contributed by atoms with Crippen molar-refractivity contribution in [2.75, 3.05) is 27.2 Å². The van der Waals surface area contributed by atoms with Crippen molar-refractivity contribution in [2.45, 2.75) is 25.8 Å². The van der Waals surface area contributed by atoms with E-state index in [0.717, 1.165) is 16.9 Å². The Labute approximate surface area is 166 Å². The van der Waals surface area contributed by atoms with E-state index in [0.29, 0.717) is 26.1 Å². The number of ether oxygens (including phenoxy) is 1. The Morgan fingerprint density at radius 3 is 2.43 bits per heavy atom. The topological polar surface area (TPSA) is 49.9 Å². The molecule has 1 aliphatic rings. The lowest BCUT2D eigenvalue weighted by molar-refractivity contribution is -0.135. The first-order valence-electron chi connectivity index (χ1n) is 9.74. The van der Waals surface area contributed by atoms with Gasteiger partial charge in [0.05, 0.1) is 13.0 Å². The van der Waals surface area contributed by atoms with Gasteiger partial charge in [-0.3, -0.25) is 9.59 Å². The third-order valence-electron chi connectivity index (χ3n) is 5.47. The smallest absolute Gasteiger partial charge is 0.228 e. The van der Waals surface area contributed by atoms with Gasteiger partial charge in [0.2, 0.25) is 11.8 Å². The number of carbonyl (C=O) groups is 2. The van der Waals surface area contributed by atoms with Gasteiger partial charge in [-0.05, 0) is 17.2 Å². The van der Waals surface area contributed by atoms with Crippen LogP contribution in [-0.4, -0.2) is 48.9 Å². The van der Waals surface area contributed by atoms with E-state index >= 15 is 0 Å². The van der Waals surface area contributed by atoms with Crippen LogP contribution in [0, 0.1) is 5.92 Å². The summed E-state index contributed by atoms with van der Waals surface area (Å²) in [7, 11) is 3.47. The standard InChI is InChI=1S/C23H28N2O3/c1-4-22(26)25-15-19(18-12-8-9-13-21(18)28-3)20(16-25)23(27)24(2)14-17-10-6-5-7-11-17/h5-13,19-20H,4,14-16H2,1-3H3/t19-,20+/m0/s1. The van der Waals surface area contributed by atoms with Crippen molar-refractivity contribution >= 4 is 11.8 Å². The highest BCUT2D eigenvalue weighted by Gasteiger charge is 2.42. The van der Waals surface area contributed by atoms with E-state index in [1.54, 1.807) is 12.0 Å². The number of hydrogen-bond acceptors (Lipinski definition) is 3. The molecule has 0 aromatic heterocycles. The summed E-state index contributed by atoms with van der Waals surface area (Å²) in [6, 6.07) is 17.7. The maximum atomic E-state index is 13.3. The molecule has 0 unspecified atom stereocenters. The van der Waals surface area contributed by atoms with Gasteiger partial charge in [0.25, 0.3) is 0 Å². The second-order valence-corrected chi connectivity index (χ2v) is 7.29. The van der Waals surface area contributed by atoms with Gasteiger partial charge in [0.15, 0.2) is 0 Å². The molecule has 28 heavy (non-hydrogen) atoms. The molecule has 1 aliphatic heterocycles. The second-order valence-electron chi connectivity index (χ2n) is 7.29. The molecule has 5 heteroatoms. The molecule has 2 aromatic rings. The van der Waals surface area contributed by atoms with Gasteiger partial charge in [0.1, 0.15) is 5.75 Å². The molecule has 1 heterocycles. The lowest BCUT2D eigenvalue weighted by Gasteiger charge is -2.25. The van der Waals surface area contributed by atoms with E-state index < -0.39 is 0 Å². The third kappa shape index (κ3) is 4.19. The zero-order valence-corrected chi connectivity index (χ0v) is 16.8. The van der Waals surface area contributed by atoms with Crippen molar-refractivity contribution in [3.05, 3.63) is 65.7 Å². The van der Waals surface area contributed by atoms with E-state index in [4.69, 9.17) is 4.74 Å². The fourth-order valence-corrected chi connectivity index (χ4v) is 3.99. The van der Waals surface area contributed by atoms with E-state index in [-0.39, 0.29) is 23.7 Å². The molecule has 2 amide bonds. The normalized spacial score (nSPS) is 18.8. The number of hydrogen-bond donors (Lipinski definition) is 0. The average Bonchev–Trinajstić information content (AvgIpc) is 3.18. The van der Waals surface area contributed by atoms with Crippen LogP contribution in [0.15, 0.2) is 54.6 Å². The molecule has 1 fully saturated rings. The van der Waals surface area contributed by atoms with Crippen LogP contribution in [0.4, 0.5) is 0 Å². The Bertz CT molecular complexity index is 822. The quantitative estimate of drug-likeness (QED) is 0.773. The summed E-state index contributed by atoms with van der Waals surface area (Å²) < 4.78 is 5.54. The van der Waals surface area contributed by atoms with Crippen LogP contribution in [0.3, 0.4) is 0 Å². The minimum absolute atomic E-state index is 0.0613. The lowest BCUT2D eigenvalue weighted by atomic mass is 9.87. The molecule has 2 aromatic carbocycles. The summed E-state index contributed by atoms with van der Waals surface area (Å²) >= 11 is 0. The predicted octanol–water partition coefficient (Wildman–Crippen LogP) is 3.31. The third-order valence-corrected chi connectivity index (χ3v) is 5.47. The molecule has 0 bridgehead atoms. The number of rotatable bonds is 6. The van der Waals surface area contributed by atoms with Gasteiger partial charge in [-0.2, -0.15) is 0 Å². The maximum absolute atomic E-state index is 13.3. The number of carbonyl (C=O) groups excluding carboxylic acids is 2. The Hall–Kier alpha value is -2.82. The lowest BCUT2D eigenvalue weighted by Crippen LogP contribution is -2.36. The molecule has 0 saturated carbocycles. The van der Waals surface area contributed by atoms with Crippen LogP contribution in [0.1, 0.15) is 30.4 Å². The number of nitrogens with zero attached hydrogens (tertiary/aromatic N) is 2. The van der Waals surface area contributed by atoms with Crippen LogP contribution in [0.5, 0.6) is 5.75 Å². The Balaban J connectivity index is 1.86. The molecular weight excluding hydrogens is 352 g/mol. The maximum Gasteiger partial charge on any atom is 0.228 e. The first kappa shape index (κ1) is 19.9. The van der Waals surface area contributed by atoms with Crippen LogP contribution in [-0.2, 0) is 16.1 Å². The summed E-state index contributed by atoms with van der Waals surface area (Å²) in [5.74, 6) is 0.562. The van der Waals surface area contributed by atoms with Gasteiger partial charge in [-0.15, -0.1) is 0 Å². The van der Waals surface area contributed by atoms with E-state index in [1.165, 1.54) is 0 Å². The molecule has 148 valence electrons. The minimum Gasteiger partial charge on any atom is -0.496 e. The number of likely N-dealkylation sites (tertiary alicyclic amines) is 1. The summed E-state index contributed by atoms with van der Waals surface area (Å²) in [4.78, 5) is 29.3. The molecule has 2 atom stereocenters. The van der Waals surface area contributed by atoms with Gasteiger partial charge >= 0.3 is 0 Å². The molecule has 5 nitrogen and oxygen atoms in total. The fourth-order valence-electron chi connectivity index (χ4n) is 3.99. The molecule has 0 N–H and O–H groups in total. The van der Waals surface area contributed by atoms with E-state index in [2.05, 4.69) is 0 Å².